The van der Waals surface area contributed by atoms with Crippen molar-refractivity contribution in [3.63, 3.8) is 0 Å². The van der Waals surface area contributed by atoms with E-state index in [-0.39, 0.29) is 0 Å². The van der Waals surface area contributed by atoms with Crippen LogP contribution >= 0.6 is 15.9 Å². The maximum Gasteiger partial charge on any atom is 0.0375 e. The van der Waals surface area contributed by atoms with E-state index in [1.807, 2.05) is 0 Å². The molecule has 102 valence electrons. The minimum atomic E-state index is 0.393. The van der Waals surface area contributed by atoms with Gasteiger partial charge in [-0.2, -0.15) is 0 Å². The molecule has 1 aromatic carbocycles. The highest BCUT2D eigenvalue weighted by molar-refractivity contribution is 9.10. The van der Waals surface area contributed by atoms with Gasteiger partial charge >= 0.3 is 0 Å². The average Bonchev–Trinajstić information content (AvgIpc) is 2.36. The highest BCUT2D eigenvalue weighted by Gasteiger charge is 2.10. The van der Waals surface area contributed by atoms with Gasteiger partial charge in [0, 0.05) is 29.8 Å². The molecule has 1 aromatic rings. The molecule has 0 radical (unpaired) electrons. The molecule has 1 unspecified atom stereocenters. The fraction of sp³-hybridized carbons (Fsp3) is 0.600. The summed E-state index contributed by atoms with van der Waals surface area (Å²) in [6.45, 7) is 8.76. The zero-order valence-electron chi connectivity index (χ0n) is 12.0. The molecule has 0 aromatic heterocycles. The molecule has 0 fully saturated rings. The Morgan fingerprint density at radius 2 is 2.00 bits per heavy atom. The minimum absolute atomic E-state index is 0.393. The molecular weight excluding hydrogens is 288 g/mol. The quantitative estimate of drug-likeness (QED) is 0.805. The third kappa shape index (κ3) is 4.29. The molecule has 0 bridgehead atoms. The van der Waals surface area contributed by atoms with Gasteiger partial charge in [0.1, 0.15) is 0 Å². The SMILES string of the molecule is CCCNC(C)c1ccc(N(C)CCC)cc1Br. The van der Waals surface area contributed by atoms with Crippen LogP contribution in [-0.4, -0.2) is 20.1 Å². The lowest BCUT2D eigenvalue weighted by Gasteiger charge is -2.21. The lowest BCUT2D eigenvalue weighted by molar-refractivity contribution is 0.569. The second-order valence-electron chi connectivity index (χ2n) is 4.80. The van der Waals surface area contributed by atoms with Crippen LogP contribution in [0.3, 0.4) is 0 Å². The number of benzene rings is 1. The van der Waals surface area contributed by atoms with Crippen molar-refractivity contribution in [3.05, 3.63) is 28.2 Å². The van der Waals surface area contributed by atoms with E-state index in [2.05, 4.69) is 72.2 Å². The molecule has 18 heavy (non-hydrogen) atoms. The van der Waals surface area contributed by atoms with Crippen LogP contribution in [0.4, 0.5) is 5.69 Å². The first-order valence-electron chi connectivity index (χ1n) is 6.84. The molecule has 0 amide bonds. The molecule has 0 saturated heterocycles. The Morgan fingerprint density at radius 1 is 1.28 bits per heavy atom. The summed E-state index contributed by atoms with van der Waals surface area (Å²) in [6, 6.07) is 7.04. The third-order valence-corrected chi connectivity index (χ3v) is 3.84. The number of anilines is 1. The van der Waals surface area contributed by atoms with Gasteiger partial charge < -0.3 is 10.2 Å². The van der Waals surface area contributed by atoms with Crippen molar-refractivity contribution in [1.82, 2.24) is 5.32 Å². The van der Waals surface area contributed by atoms with Gasteiger partial charge in [-0.3, -0.25) is 0 Å². The third-order valence-electron chi connectivity index (χ3n) is 3.15. The van der Waals surface area contributed by atoms with Gasteiger partial charge in [0.05, 0.1) is 0 Å². The zero-order valence-corrected chi connectivity index (χ0v) is 13.5. The van der Waals surface area contributed by atoms with Crippen molar-refractivity contribution in [1.29, 1.82) is 0 Å². The monoisotopic (exact) mass is 312 g/mol. The smallest absolute Gasteiger partial charge is 0.0375 e. The molecular formula is C15H25BrN2. The largest absolute Gasteiger partial charge is 0.375 e. The van der Waals surface area contributed by atoms with Crippen molar-refractivity contribution in [2.24, 2.45) is 0 Å². The van der Waals surface area contributed by atoms with E-state index in [4.69, 9.17) is 0 Å². The fourth-order valence-corrected chi connectivity index (χ4v) is 2.75. The van der Waals surface area contributed by atoms with E-state index in [1.54, 1.807) is 0 Å². The number of hydrogen-bond acceptors (Lipinski definition) is 2. The Balaban J connectivity index is 2.78. The molecule has 1 N–H and O–H groups in total. The molecule has 0 saturated carbocycles. The van der Waals surface area contributed by atoms with Crippen molar-refractivity contribution in [3.8, 4) is 0 Å². The van der Waals surface area contributed by atoms with Crippen molar-refractivity contribution >= 4 is 21.6 Å². The molecule has 3 heteroatoms. The summed E-state index contributed by atoms with van der Waals surface area (Å²) in [4.78, 5) is 2.29. The average molecular weight is 313 g/mol. The predicted octanol–water partition coefficient (Wildman–Crippen LogP) is 4.36. The normalized spacial score (nSPS) is 12.5. The Kier molecular flexibility index (Phi) is 6.72. The highest BCUT2D eigenvalue weighted by atomic mass is 79.9. The second kappa shape index (κ2) is 7.80. The van der Waals surface area contributed by atoms with E-state index in [1.165, 1.54) is 28.6 Å². The summed E-state index contributed by atoms with van der Waals surface area (Å²) in [5.41, 5.74) is 2.60. The molecule has 1 atom stereocenters. The Bertz CT molecular complexity index is 366. The van der Waals surface area contributed by atoms with Gasteiger partial charge in [0.25, 0.3) is 0 Å². The number of nitrogens with one attached hydrogen (secondary N) is 1. The summed E-state index contributed by atoms with van der Waals surface area (Å²) in [5, 5.41) is 3.52. The number of rotatable bonds is 7. The number of hydrogen-bond donors (Lipinski definition) is 1. The van der Waals surface area contributed by atoms with E-state index in [0.717, 1.165) is 13.1 Å². The summed E-state index contributed by atoms with van der Waals surface area (Å²) in [6.07, 6.45) is 2.34. The molecule has 2 nitrogen and oxygen atoms in total. The zero-order chi connectivity index (χ0) is 13.5. The van der Waals surface area contributed by atoms with E-state index >= 15 is 0 Å². The summed E-state index contributed by atoms with van der Waals surface area (Å²) in [5.74, 6) is 0. The first kappa shape index (κ1) is 15.5. The van der Waals surface area contributed by atoms with Crippen LogP contribution in [0, 0.1) is 0 Å². The first-order valence-corrected chi connectivity index (χ1v) is 7.63. The lowest BCUT2D eigenvalue weighted by Crippen LogP contribution is -2.20. The van der Waals surface area contributed by atoms with E-state index in [9.17, 15) is 0 Å². The van der Waals surface area contributed by atoms with Crippen molar-refractivity contribution in [2.45, 2.75) is 39.7 Å². The van der Waals surface area contributed by atoms with Crippen LogP contribution in [0.15, 0.2) is 22.7 Å². The first-order chi connectivity index (χ1) is 8.60. The second-order valence-corrected chi connectivity index (χ2v) is 5.66. The van der Waals surface area contributed by atoms with Crippen LogP contribution in [0.5, 0.6) is 0 Å². The number of halogens is 1. The predicted molar refractivity (Wildman–Crippen MR) is 84.4 cm³/mol. The van der Waals surface area contributed by atoms with Crippen LogP contribution in [0.1, 0.15) is 45.2 Å². The van der Waals surface area contributed by atoms with Crippen molar-refractivity contribution in [2.75, 3.05) is 25.0 Å². The van der Waals surface area contributed by atoms with Gasteiger partial charge in [0.15, 0.2) is 0 Å². The highest BCUT2D eigenvalue weighted by Crippen LogP contribution is 2.28. The number of nitrogens with zero attached hydrogens (tertiary/aromatic N) is 1. The van der Waals surface area contributed by atoms with Gasteiger partial charge in [-0.05, 0) is 44.0 Å². The Morgan fingerprint density at radius 3 is 2.56 bits per heavy atom. The van der Waals surface area contributed by atoms with Gasteiger partial charge in [-0.1, -0.05) is 35.8 Å². The Labute approximate surface area is 120 Å². The maximum absolute atomic E-state index is 3.69. The topological polar surface area (TPSA) is 15.3 Å². The summed E-state index contributed by atoms with van der Waals surface area (Å²) >= 11 is 3.69. The maximum atomic E-state index is 3.69. The molecule has 0 aliphatic carbocycles. The van der Waals surface area contributed by atoms with Gasteiger partial charge in [-0.15, -0.1) is 0 Å². The van der Waals surface area contributed by atoms with Crippen LogP contribution in [-0.2, 0) is 0 Å². The molecule has 0 heterocycles. The van der Waals surface area contributed by atoms with Crippen LogP contribution < -0.4 is 10.2 Å². The fourth-order valence-electron chi connectivity index (χ4n) is 2.04. The van der Waals surface area contributed by atoms with Crippen molar-refractivity contribution < 1.29 is 0 Å². The van der Waals surface area contributed by atoms with Gasteiger partial charge in [-0.25, -0.2) is 0 Å². The van der Waals surface area contributed by atoms with E-state index in [0.29, 0.717) is 6.04 Å². The standard InChI is InChI=1S/C15H25BrN2/c1-5-9-17-12(3)14-8-7-13(11-15(14)16)18(4)10-6-2/h7-8,11-12,17H,5-6,9-10H2,1-4H3. The van der Waals surface area contributed by atoms with Crippen LogP contribution in [0.2, 0.25) is 0 Å². The Hall–Kier alpha value is -0.540. The van der Waals surface area contributed by atoms with Gasteiger partial charge in [0.2, 0.25) is 0 Å². The molecule has 0 spiro atoms. The molecule has 1 rings (SSSR count). The molecule has 0 aliphatic heterocycles. The summed E-state index contributed by atoms with van der Waals surface area (Å²) in [7, 11) is 2.14. The minimum Gasteiger partial charge on any atom is -0.375 e. The van der Waals surface area contributed by atoms with E-state index < -0.39 is 0 Å². The summed E-state index contributed by atoms with van der Waals surface area (Å²) < 4.78 is 1.19. The lowest BCUT2D eigenvalue weighted by atomic mass is 10.1. The molecule has 0 aliphatic rings. The van der Waals surface area contributed by atoms with Crippen LogP contribution in [0.25, 0.3) is 0 Å².